The molecule has 0 aliphatic heterocycles. The van der Waals surface area contributed by atoms with Gasteiger partial charge in [-0.25, -0.2) is 0 Å². The van der Waals surface area contributed by atoms with Crippen molar-refractivity contribution in [2.75, 3.05) is 0 Å². The summed E-state index contributed by atoms with van der Waals surface area (Å²) in [4.78, 5) is 12.0. The molecule has 5 nitrogen and oxygen atoms in total. The summed E-state index contributed by atoms with van der Waals surface area (Å²) < 4.78 is 7.34. The van der Waals surface area contributed by atoms with Crippen molar-refractivity contribution in [2.45, 2.75) is 42.6 Å². The third-order valence-corrected chi connectivity index (χ3v) is 4.81. The quantitative estimate of drug-likeness (QED) is 0.793. The molecular weight excluding hydrogens is 286 g/mol. The first kappa shape index (κ1) is 14.1. The van der Waals surface area contributed by atoms with Crippen molar-refractivity contribution in [3.63, 3.8) is 0 Å². The van der Waals surface area contributed by atoms with E-state index in [9.17, 15) is 4.79 Å². The fourth-order valence-electron chi connectivity index (χ4n) is 2.46. The standard InChI is InChI=1S/C15H17N3O2S/c1-2-9-18-14(12-7-5-10-20-12)16-17-15(18)21-13-8-4-3-6-11(13)19/h2,5,7,10,13H,1,3-4,6,8-9H2. The van der Waals surface area contributed by atoms with Gasteiger partial charge in [-0.2, -0.15) is 0 Å². The van der Waals surface area contributed by atoms with Gasteiger partial charge in [0.2, 0.25) is 5.82 Å². The molecule has 0 spiro atoms. The van der Waals surface area contributed by atoms with E-state index in [2.05, 4.69) is 16.8 Å². The Balaban J connectivity index is 1.88. The lowest BCUT2D eigenvalue weighted by Crippen LogP contribution is -2.21. The van der Waals surface area contributed by atoms with Gasteiger partial charge < -0.3 is 4.42 Å². The lowest BCUT2D eigenvalue weighted by atomic mass is 9.99. The van der Waals surface area contributed by atoms with Gasteiger partial charge in [-0.15, -0.1) is 16.8 Å². The Kier molecular flexibility index (Phi) is 4.24. The van der Waals surface area contributed by atoms with E-state index < -0.39 is 0 Å². The number of thioether (sulfide) groups is 1. The van der Waals surface area contributed by atoms with Gasteiger partial charge in [-0.1, -0.05) is 24.3 Å². The predicted molar refractivity (Wildman–Crippen MR) is 81.0 cm³/mol. The lowest BCUT2D eigenvalue weighted by Gasteiger charge is -2.19. The predicted octanol–water partition coefficient (Wildman–Crippen LogP) is 3.33. The lowest BCUT2D eigenvalue weighted by molar-refractivity contribution is -0.119. The van der Waals surface area contributed by atoms with Crippen molar-refractivity contribution in [2.24, 2.45) is 0 Å². The highest BCUT2D eigenvalue weighted by Crippen LogP contribution is 2.32. The third-order valence-electron chi connectivity index (χ3n) is 3.52. The molecule has 1 aliphatic carbocycles. The highest BCUT2D eigenvalue weighted by Gasteiger charge is 2.26. The second-order valence-corrected chi connectivity index (χ2v) is 6.17. The zero-order chi connectivity index (χ0) is 14.7. The van der Waals surface area contributed by atoms with Crippen LogP contribution in [-0.4, -0.2) is 25.8 Å². The molecule has 2 heterocycles. The van der Waals surface area contributed by atoms with Crippen LogP contribution in [0.5, 0.6) is 0 Å². The summed E-state index contributed by atoms with van der Waals surface area (Å²) in [6.07, 6.45) is 7.11. The first-order valence-corrected chi connectivity index (χ1v) is 7.95. The van der Waals surface area contributed by atoms with E-state index in [1.807, 2.05) is 16.7 Å². The molecule has 1 aliphatic rings. The molecule has 1 atom stereocenters. The Morgan fingerprint density at radius 3 is 3.10 bits per heavy atom. The molecule has 110 valence electrons. The van der Waals surface area contributed by atoms with Gasteiger partial charge in [-0.05, 0) is 25.0 Å². The highest BCUT2D eigenvalue weighted by atomic mass is 32.2. The Bertz CT molecular complexity index is 633. The molecule has 0 saturated heterocycles. The van der Waals surface area contributed by atoms with Crippen LogP contribution in [0.4, 0.5) is 0 Å². The average molecular weight is 303 g/mol. The average Bonchev–Trinajstić information content (AvgIpc) is 3.12. The molecule has 2 aromatic heterocycles. The van der Waals surface area contributed by atoms with Crippen molar-refractivity contribution in [3.8, 4) is 11.6 Å². The van der Waals surface area contributed by atoms with Crippen LogP contribution in [0.3, 0.4) is 0 Å². The molecule has 21 heavy (non-hydrogen) atoms. The molecule has 0 N–H and O–H groups in total. The van der Waals surface area contributed by atoms with Crippen LogP contribution in [0.15, 0.2) is 40.6 Å². The molecule has 0 bridgehead atoms. The normalized spacial score (nSPS) is 18.9. The number of hydrogen-bond donors (Lipinski definition) is 0. The summed E-state index contributed by atoms with van der Waals surface area (Å²) in [6.45, 7) is 4.37. The Morgan fingerprint density at radius 1 is 1.48 bits per heavy atom. The van der Waals surface area contributed by atoms with E-state index in [0.29, 0.717) is 30.3 Å². The van der Waals surface area contributed by atoms with Crippen LogP contribution < -0.4 is 0 Å². The van der Waals surface area contributed by atoms with Crippen molar-refractivity contribution in [3.05, 3.63) is 31.1 Å². The van der Waals surface area contributed by atoms with E-state index in [-0.39, 0.29) is 5.25 Å². The highest BCUT2D eigenvalue weighted by molar-refractivity contribution is 8.00. The smallest absolute Gasteiger partial charge is 0.200 e. The molecule has 3 rings (SSSR count). The number of ketones is 1. The molecule has 1 unspecified atom stereocenters. The third kappa shape index (κ3) is 2.95. The van der Waals surface area contributed by atoms with Crippen molar-refractivity contribution in [1.29, 1.82) is 0 Å². The van der Waals surface area contributed by atoms with Crippen LogP contribution in [0.25, 0.3) is 11.6 Å². The van der Waals surface area contributed by atoms with E-state index in [1.165, 1.54) is 11.8 Å². The number of carbonyl (C=O) groups is 1. The molecule has 0 aromatic carbocycles. The fourth-order valence-corrected chi connectivity index (χ4v) is 3.62. The second kappa shape index (κ2) is 6.30. The van der Waals surface area contributed by atoms with E-state index >= 15 is 0 Å². The van der Waals surface area contributed by atoms with Gasteiger partial charge in [-0.3, -0.25) is 9.36 Å². The topological polar surface area (TPSA) is 60.9 Å². The van der Waals surface area contributed by atoms with Crippen molar-refractivity contribution in [1.82, 2.24) is 14.8 Å². The SMILES string of the molecule is C=CCn1c(SC2CCCCC2=O)nnc1-c1ccco1. The van der Waals surface area contributed by atoms with Gasteiger partial charge in [0, 0.05) is 13.0 Å². The zero-order valence-electron chi connectivity index (χ0n) is 11.7. The Hall–Kier alpha value is -1.82. The van der Waals surface area contributed by atoms with Gasteiger partial charge in [0.05, 0.1) is 11.5 Å². The maximum atomic E-state index is 12.0. The summed E-state index contributed by atoms with van der Waals surface area (Å²) in [5, 5.41) is 9.19. The van der Waals surface area contributed by atoms with E-state index in [1.54, 1.807) is 12.3 Å². The number of carbonyl (C=O) groups excluding carboxylic acids is 1. The Labute approximate surface area is 127 Å². The van der Waals surface area contributed by atoms with Crippen LogP contribution in [0.2, 0.25) is 0 Å². The number of aromatic nitrogens is 3. The maximum Gasteiger partial charge on any atom is 0.200 e. The van der Waals surface area contributed by atoms with Crippen LogP contribution >= 0.6 is 11.8 Å². The summed E-state index contributed by atoms with van der Waals surface area (Å²) in [6, 6.07) is 3.67. The number of allylic oxidation sites excluding steroid dienone is 1. The zero-order valence-corrected chi connectivity index (χ0v) is 12.5. The van der Waals surface area contributed by atoms with E-state index in [4.69, 9.17) is 4.42 Å². The number of furan rings is 1. The molecule has 0 radical (unpaired) electrons. The summed E-state index contributed by atoms with van der Waals surface area (Å²) in [5.74, 6) is 1.66. The van der Waals surface area contributed by atoms with Crippen LogP contribution in [-0.2, 0) is 11.3 Å². The molecule has 2 aromatic rings. The second-order valence-electron chi connectivity index (χ2n) is 5.00. The molecule has 6 heteroatoms. The molecule has 1 fully saturated rings. The van der Waals surface area contributed by atoms with Gasteiger partial charge in [0.1, 0.15) is 5.78 Å². The monoisotopic (exact) mass is 303 g/mol. The van der Waals surface area contributed by atoms with Gasteiger partial charge >= 0.3 is 0 Å². The van der Waals surface area contributed by atoms with Crippen molar-refractivity contribution >= 4 is 17.5 Å². The van der Waals surface area contributed by atoms with Gasteiger partial charge in [0.25, 0.3) is 0 Å². The fraction of sp³-hybridized carbons (Fsp3) is 0.400. The number of rotatable bonds is 5. The largest absolute Gasteiger partial charge is 0.461 e. The van der Waals surface area contributed by atoms with Crippen molar-refractivity contribution < 1.29 is 9.21 Å². The minimum absolute atomic E-state index is 0.00373. The minimum Gasteiger partial charge on any atom is -0.461 e. The maximum absolute atomic E-state index is 12.0. The summed E-state index contributed by atoms with van der Waals surface area (Å²) in [5.41, 5.74) is 0. The number of hydrogen-bond acceptors (Lipinski definition) is 5. The van der Waals surface area contributed by atoms with E-state index in [0.717, 1.165) is 24.4 Å². The number of nitrogens with zero attached hydrogens (tertiary/aromatic N) is 3. The summed E-state index contributed by atoms with van der Waals surface area (Å²) in [7, 11) is 0. The molecule has 1 saturated carbocycles. The van der Waals surface area contributed by atoms with Crippen LogP contribution in [0.1, 0.15) is 25.7 Å². The summed E-state index contributed by atoms with van der Waals surface area (Å²) >= 11 is 1.51. The Morgan fingerprint density at radius 2 is 2.38 bits per heavy atom. The van der Waals surface area contributed by atoms with Crippen LogP contribution in [0, 0.1) is 0 Å². The minimum atomic E-state index is -0.00373. The first-order chi connectivity index (χ1) is 10.3. The first-order valence-electron chi connectivity index (χ1n) is 7.07. The van der Waals surface area contributed by atoms with Gasteiger partial charge in [0.15, 0.2) is 10.9 Å². The molecular formula is C15H17N3O2S. The number of Topliss-reactive ketones (excluding diaryl/α,β-unsaturated/α-hetero) is 1. The molecule has 0 amide bonds.